The first-order chi connectivity index (χ1) is 16.3. The van der Waals surface area contributed by atoms with Gasteiger partial charge in [0.15, 0.2) is 0 Å². The Morgan fingerprint density at radius 3 is 2.17 bits per heavy atom. The van der Waals surface area contributed by atoms with E-state index in [2.05, 4.69) is 5.32 Å². The molecule has 0 aromatic carbocycles. The lowest BCUT2D eigenvalue weighted by Gasteiger charge is -2.45. The van der Waals surface area contributed by atoms with Gasteiger partial charge in [-0.2, -0.15) is 13.2 Å². The van der Waals surface area contributed by atoms with E-state index in [9.17, 15) is 37.5 Å². The van der Waals surface area contributed by atoms with Gasteiger partial charge in [-0.1, -0.05) is 34.6 Å². The number of likely N-dealkylation sites (tertiary alicyclic amines) is 1. The van der Waals surface area contributed by atoms with Crippen LogP contribution in [-0.2, 0) is 19.2 Å². The molecule has 2 aliphatic heterocycles. The van der Waals surface area contributed by atoms with Crippen molar-refractivity contribution in [3.63, 3.8) is 0 Å². The van der Waals surface area contributed by atoms with Gasteiger partial charge in [0.25, 0.3) is 0 Å². The normalized spacial score (nSPS) is 30.9. The second-order valence-electron chi connectivity index (χ2n) is 11.9. The van der Waals surface area contributed by atoms with E-state index < -0.39 is 65.5 Å². The zero-order valence-electron chi connectivity index (χ0n) is 21.1. The molecule has 0 aromatic rings. The summed E-state index contributed by atoms with van der Waals surface area (Å²) in [6, 6.07) is -4.65. The standard InChI is InChI=1S/C23H36F3N5O5/c1-21(2,3)15(19(35)30-9-11-13(22(11,4)5)14(30)17(28)33)31(20(36)23(24,25)26)12(16(27)32)8-10-6-7-29-18(10)34/h10-15,18,29,34H,6-9H2,1-5H3,(H2,27,32)(H2,28,33)/t10-,11?,12-,13?,14?,15+,18-/m0/s1. The van der Waals surface area contributed by atoms with Crippen molar-refractivity contribution < 1.29 is 37.5 Å². The van der Waals surface area contributed by atoms with Gasteiger partial charge in [-0.25, -0.2) is 0 Å². The first-order valence-corrected chi connectivity index (χ1v) is 12.0. The summed E-state index contributed by atoms with van der Waals surface area (Å²) in [5.74, 6) is -6.29. The van der Waals surface area contributed by atoms with Crippen molar-refractivity contribution in [2.45, 2.75) is 78.0 Å². The van der Waals surface area contributed by atoms with Crippen LogP contribution in [0.15, 0.2) is 0 Å². The van der Waals surface area contributed by atoms with E-state index in [0.29, 0.717) is 13.0 Å². The molecule has 1 saturated carbocycles. The van der Waals surface area contributed by atoms with Crippen molar-refractivity contribution in [1.29, 1.82) is 0 Å². The van der Waals surface area contributed by atoms with Gasteiger partial charge < -0.3 is 26.4 Å². The zero-order chi connectivity index (χ0) is 27.5. The highest BCUT2D eigenvalue weighted by Crippen LogP contribution is 2.65. The maximum absolute atomic E-state index is 13.9. The minimum absolute atomic E-state index is 0.0713. The zero-order valence-corrected chi connectivity index (χ0v) is 21.1. The fourth-order valence-corrected chi connectivity index (χ4v) is 6.13. The lowest BCUT2D eigenvalue weighted by Crippen LogP contribution is -2.66. The van der Waals surface area contributed by atoms with Gasteiger partial charge in [0.1, 0.15) is 24.4 Å². The molecule has 2 heterocycles. The third-order valence-corrected chi connectivity index (χ3v) is 8.10. The van der Waals surface area contributed by atoms with Gasteiger partial charge >= 0.3 is 12.1 Å². The molecule has 4 amide bonds. The molecule has 2 saturated heterocycles. The molecule has 204 valence electrons. The number of aliphatic hydroxyl groups is 1. The third kappa shape index (κ3) is 4.91. The number of aliphatic hydroxyl groups excluding tert-OH is 1. The average molecular weight is 520 g/mol. The maximum atomic E-state index is 13.9. The monoisotopic (exact) mass is 519 g/mol. The molecule has 0 aromatic heterocycles. The highest BCUT2D eigenvalue weighted by Gasteiger charge is 2.70. The number of nitrogens with one attached hydrogen (secondary N) is 1. The van der Waals surface area contributed by atoms with Crippen LogP contribution in [0, 0.1) is 28.6 Å². The van der Waals surface area contributed by atoms with Gasteiger partial charge in [-0.05, 0) is 42.1 Å². The number of piperidine rings is 1. The van der Waals surface area contributed by atoms with Crippen LogP contribution >= 0.6 is 0 Å². The number of fused-ring (bicyclic) bond motifs is 1. The molecule has 0 bridgehead atoms. The molecule has 3 unspecified atom stereocenters. The van der Waals surface area contributed by atoms with Crippen LogP contribution in [0.25, 0.3) is 0 Å². The largest absolute Gasteiger partial charge is 0.471 e. The number of amides is 4. The van der Waals surface area contributed by atoms with Gasteiger partial charge in [-0.3, -0.25) is 24.5 Å². The summed E-state index contributed by atoms with van der Waals surface area (Å²) < 4.78 is 41.6. The van der Waals surface area contributed by atoms with Gasteiger partial charge in [0, 0.05) is 12.5 Å². The summed E-state index contributed by atoms with van der Waals surface area (Å²) in [4.78, 5) is 53.0. The molecule has 0 spiro atoms. The summed E-state index contributed by atoms with van der Waals surface area (Å²) in [5.41, 5.74) is 9.57. The first-order valence-electron chi connectivity index (χ1n) is 12.0. The second-order valence-corrected chi connectivity index (χ2v) is 11.9. The number of alkyl halides is 3. The molecule has 3 fully saturated rings. The number of carbonyl (C=O) groups excluding carboxylic acids is 4. The van der Waals surface area contributed by atoms with Crippen LogP contribution < -0.4 is 16.8 Å². The highest BCUT2D eigenvalue weighted by atomic mass is 19.4. The van der Waals surface area contributed by atoms with Crippen molar-refractivity contribution in [2.24, 2.45) is 40.1 Å². The van der Waals surface area contributed by atoms with Gasteiger partial charge in [0.05, 0.1) is 0 Å². The highest BCUT2D eigenvalue weighted by molar-refractivity contribution is 5.96. The van der Waals surface area contributed by atoms with E-state index in [1.165, 1.54) is 20.8 Å². The predicted molar refractivity (Wildman–Crippen MR) is 121 cm³/mol. The molecule has 7 atom stereocenters. The molecule has 0 radical (unpaired) electrons. The first kappa shape index (κ1) is 28.2. The van der Waals surface area contributed by atoms with Crippen molar-refractivity contribution in [3.8, 4) is 0 Å². The van der Waals surface area contributed by atoms with E-state index in [-0.39, 0.29) is 35.1 Å². The smallest absolute Gasteiger partial charge is 0.378 e. The third-order valence-electron chi connectivity index (χ3n) is 8.10. The van der Waals surface area contributed by atoms with Crippen LogP contribution in [0.2, 0.25) is 0 Å². The Kier molecular flexibility index (Phi) is 7.17. The van der Waals surface area contributed by atoms with Crippen molar-refractivity contribution in [1.82, 2.24) is 15.1 Å². The Labute approximate surface area is 207 Å². The Hall–Kier alpha value is -2.41. The Bertz CT molecular complexity index is 934. The van der Waals surface area contributed by atoms with E-state index >= 15 is 0 Å². The van der Waals surface area contributed by atoms with Crippen LogP contribution in [0.5, 0.6) is 0 Å². The van der Waals surface area contributed by atoms with E-state index in [1.54, 1.807) is 0 Å². The number of carbonyl (C=O) groups is 4. The molecule has 3 aliphatic rings. The molecular formula is C23H36F3N5O5. The van der Waals surface area contributed by atoms with Crippen molar-refractivity contribution in [3.05, 3.63) is 0 Å². The van der Waals surface area contributed by atoms with Crippen LogP contribution in [0.3, 0.4) is 0 Å². The Morgan fingerprint density at radius 1 is 1.17 bits per heavy atom. The molecular weight excluding hydrogens is 483 g/mol. The number of rotatable bonds is 7. The molecule has 1 aliphatic carbocycles. The molecule has 36 heavy (non-hydrogen) atoms. The summed E-state index contributed by atoms with van der Waals surface area (Å²) in [6.07, 6.45) is -6.56. The number of hydrogen-bond acceptors (Lipinski definition) is 6. The fourth-order valence-electron chi connectivity index (χ4n) is 6.13. The maximum Gasteiger partial charge on any atom is 0.471 e. The Balaban J connectivity index is 2.07. The second kappa shape index (κ2) is 9.16. The average Bonchev–Trinajstić information content (AvgIpc) is 3.08. The summed E-state index contributed by atoms with van der Waals surface area (Å²) in [6.45, 7) is 8.70. The number of primary amides is 2. The lowest BCUT2D eigenvalue weighted by atomic mass is 9.82. The summed E-state index contributed by atoms with van der Waals surface area (Å²) in [5, 5.41) is 12.9. The molecule has 6 N–H and O–H groups in total. The number of nitrogens with zero attached hydrogens (tertiary/aromatic N) is 2. The SMILES string of the molecule is CC1(C)C2CN(C(=O)[C@@H](N(C(=O)C(F)(F)F)[C@@H](C[C@@H]3CCN[C@H]3O)C(N)=O)C(C)(C)C)C(C(N)=O)C21. The van der Waals surface area contributed by atoms with Crippen LogP contribution in [-0.4, -0.2) is 82.2 Å². The van der Waals surface area contributed by atoms with Crippen LogP contribution in [0.1, 0.15) is 47.5 Å². The van der Waals surface area contributed by atoms with Crippen molar-refractivity contribution >= 4 is 23.6 Å². The topological polar surface area (TPSA) is 159 Å². The summed E-state index contributed by atoms with van der Waals surface area (Å²) in [7, 11) is 0. The van der Waals surface area contributed by atoms with Gasteiger partial charge in [0.2, 0.25) is 17.7 Å². The fraction of sp³-hybridized carbons (Fsp3) is 0.826. The quantitative estimate of drug-likeness (QED) is 0.369. The lowest BCUT2D eigenvalue weighted by molar-refractivity contribution is -0.196. The minimum atomic E-state index is -5.41. The van der Waals surface area contributed by atoms with E-state index in [1.807, 2.05) is 13.8 Å². The number of nitrogens with two attached hydrogens (primary N) is 2. The Morgan fingerprint density at radius 2 is 1.75 bits per heavy atom. The molecule has 10 nitrogen and oxygen atoms in total. The minimum Gasteiger partial charge on any atom is -0.378 e. The molecule has 3 rings (SSSR count). The predicted octanol–water partition coefficient (Wildman–Crippen LogP) is -0.0678. The van der Waals surface area contributed by atoms with Crippen molar-refractivity contribution in [2.75, 3.05) is 13.1 Å². The van der Waals surface area contributed by atoms with Gasteiger partial charge in [-0.15, -0.1) is 0 Å². The van der Waals surface area contributed by atoms with Crippen LogP contribution in [0.4, 0.5) is 13.2 Å². The molecule has 13 heteroatoms. The number of halogens is 3. The van der Waals surface area contributed by atoms with E-state index in [4.69, 9.17) is 11.5 Å². The van der Waals surface area contributed by atoms with E-state index in [0.717, 1.165) is 4.90 Å². The summed E-state index contributed by atoms with van der Waals surface area (Å²) >= 11 is 0. The number of hydrogen-bond donors (Lipinski definition) is 4.